The lowest BCUT2D eigenvalue weighted by molar-refractivity contribution is -0.314. The Bertz CT molecular complexity index is 401. The summed E-state index contributed by atoms with van der Waals surface area (Å²) in [5.74, 6) is -3.31. The van der Waals surface area contributed by atoms with Crippen molar-refractivity contribution in [3.8, 4) is 0 Å². The molecule has 1 fully saturated rings. The van der Waals surface area contributed by atoms with Crippen LogP contribution in [0.15, 0.2) is 23.8 Å². The van der Waals surface area contributed by atoms with Crippen molar-refractivity contribution in [1.82, 2.24) is 0 Å². The van der Waals surface area contributed by atoms with Gasteiger partial charge in [0, 0.05) is 16.9 Å². The van der Waals surface area contributed by atoms with E-state index in [0.717, 1.165) is 0 Å². The van der Waals surface area contributed by atoms with E-state index in [4.69, 9.17) is 16.3 Å². The number of carbonyl (C=O) groups excluding carboxylic acids is 2. The fraction of sp³-hybridized carbons (Fsp3) is 0.500. The maximum Gasteiger partial charge on any atom is 0.310 e. The van der Waals surface area contributed by atoms with Crippen molar-refractivity contribution in [3.05, 3.63) is 23.8 Å². The number of carbonyl (C=O) groups is 2. The van der Waals surface area contributed by atoms with Gasteiger partial charge in [0.05, 0.1) is 5.92 Å². The van der Waals surface area contributed by atoms with E-state index >= 15 is 0 Å². The number of carboxylic acids is 1. The lowest BCUT2D eigenvalue weighted by Crippen LogP contribution is -2.41. The second-order valence-corrected chi connectivity index (χ2v) is 4.98. The molecule has 92 valence electrons. The van der Waals surface area contributed by atoms with Crippen LogP contribution >= 0.6 is 11.6 Å². The van der Waals surface area contributed by atoms with Crippen LogP contribution in [0.2, 0.25) is 0 Å². The first kappa shape index (κ1) is 12.2. The fourth-order valence-corrected chi connectivity index (χ4v) is 2.77. The SMILES string of the molecule is C=C(Cl)COC(=O)[C@@H]1[C@H](C(=O)[O-])[C@H]2C=C[C@@H]1C2. The molecule has 0 heterocycles. The van der Waals surface area contributed by atoms with Gasteiger partial charge in [0.25, 0.3) is 0 Å². The second kappa shape index (κ2) is 4.53. The van der Waals surface area contributed by atoms with Gasteiger partial charge in [-0.2, -0.15) is 0 Å². The van der Waals surface area contributed by atoms with Crippen LogP contribution in [0.1, 0.15) is 6.42 Å². The lowest BCUT2D eigenvalue weighted by Gasteiger charge is -2.26. The zero-order chi connectivity index (χ0) is 12.6. The van der Waals surface area contributed by atoms with Crippen molar-refractivity contribution in [3.63, 3.8) is 0 Å². The minimum Gasteiger partial charge on any atom is -0.550 e. The molecule has 2 bridgehead atoms. The third kappa shape index (κ3) is 2.22. The quantitative estimate of drug-likeness (QED) is 0.541. The number of carboxylic acid groups (broad SMARTS) is 1. The first-order valence-electron chi connectivity index (χ1n) is 5.40. The summed E-state index contributed by atoms with van der Waals surface area (Å²) in [6.45, 7) is 3.32. The first-order valence-corrected chi connectivity index (χ1v) is 5.77. The molecule has 1 saturated carbocycles. The molecule has 0 aromatic heterocycles. The predicted molar refractivity (Wildman–Crippen MR) is 58.7 cm³/mol. The largest absolute Gasteiger partial charge is 0.550 e. The molecule has 2 rings (SSSR count). The van der Waals surface area contributed by atoms with Crippen molar-refractivity contribution in [2.24, 2.45) is 23.7 Å². The van der Waals surface area contributed by atoms with Crippen LogP contribution in [0, 0.1) is 23.7 Å². The number of aliphatic carboxylic acids is 1. The van der Waals surface area contributed by atoms with Crippen LogP contribution in [0.5, 0.6) is 0 Å². The average Bonchev–Trinajstić information content (AvgIpc) is 2.84. The molecule has 0 amide bonds. The summed E-state index contributed by atoms with van der Waals surface area (Å²) >= 11 is 5.49. The topological polar surface area (TPSA) is 66.4 Å². The van der Waals surface area contributed by atoms with Gasteiger partial charge in [0.15, 0.2) is 0 Å². The zero-order valence-corrected chi connectivity index (χ0v) is 9.85. The summed E-state index contributed by atoms with van der Waals surface area (Å²) < 4.78 is 4.92. The molecule has 2 aliphatic carbocycles. The number of rotatable bonds is 4. The predicted octanol–water partition coefficient (Wildman–Crippen LogP) is 0.470. The van der Waals surface area contributed by atoms with E-state index in [9.17, 15) is 14.7 Å². The van der Waals surface area contributed by atoms with E-state index in [1.807, 2.05) is 12.2 Å². The van der Waals surface area contributed by atoms with Crippen molar-refractivity contribution >= 4 is 23.5 Å². The summed E-state index contributed by atoms with van der Waals surface area (Å²) in [4.78, 5) is 22.9. The van der Waals surface area contributed by atoms with E-state index in [1.165, 1.54) is 0 Å². The third-order valence-corrected chi connectivity index (χ3v) is 3.48. The Morgan fingerprint density at radius 1 is 1.35 bits per heavy atom. The molecule has 17 heavy (non-hydrogen) atoms. The Kier molecular flexibility index (Phi) is 3.24. The number of ether oxygens (including phenoxy) is 1. The van der Waals surface area contributed by atoms with E-state index in [-0.39, 0.29) is 23.5 Å². The molecule has 0 radical (unpaired) electrons. The molecule has 0 aliphatic heterocycles. The average molecular weight is 256 g/mol. The molecule has 0 unspecified atom stereocenters. The van der Waals surface area contributed by atoms with Crippen LogP contribution in [-0.2, 0) is 14.3 Å². The van der Waals surface area contributed by atoms with Crippen LogP contribution < -0.4 is 5.11 Å². The maximum absolute atomic E-state index is 11.8. The minimum atomic E-state index is -1.19. The van der Waals surface area contributed by atoms with Gasteiger partial charge in [-0.25, -0.2) is 0 Å². The zero-order valence-electron chi connectivity index (χ0n) is 9.10. The van der Waals surface area contributed by atoms with Crippen LogP contribution in [0.25, 0.3) is 0 Å². The number of hydrogen-bond acceptors (Lipinski definition) is 4. The molecule has 4 nitrogen and oxygen atoms in total. The van der Waals surface area contributed by atoms with Gasteiger partial charge in [-0.1, -0.05) is 30.3 Å². The number of allylic oxidation sites excluding steroid dienone is 2. The minimum absolute atomic E-state index is 0.0565. The molecule has 2 aliphatic rings. The summed E-state index contributed by atoms with van der Waals surface area (Å²) in [6.07, 6.45) is 4.40. The van der Waals surface area contributed by atoms with Gasteiger partial charge in [-0.15, -0.1) is 0 Å². The Balaban J connectivity index is 2.08. The first-order chi connectivity index (χ1) is 8.00. The molecule has 0 spiro atoms. The van der Waals surface area contributed by atoms with Gasteiger partial charge in [0.2, 0.25) is 0 Å². The lowest BCUT2D eigenvalue weighted by atomic mass is 9.83. The number of hydrogen-bond donors (Lipinski definition) is 0. The Hall–Kier alpha value is -1.29. The number of esters is 1. The second-order valence-electron chi connectivity index (χ2n) is 4.44. The van der Waals surface area contributed by atoms with Crippen molar-refractivity contribution in [2.75, 3.05) is 6.61 Å². The van der Waals surface area contributed by atoms with Gasteiger partial charge >= 0.3 is 5.97 Å². The van der Waals surface area contributed by atoms with Crippen molar-refractivity contribution < 1.29 is 19.4 Å². The Labute approximate surface area is 104 Å². The van der Waals surface area contributed by atoms with Crippen molar-refractivity contribution in [2.45, 2.75) is 6.42 Å². The van der Waals surface area contributed by atoms with Gasteiger partial charge < -0.3 is 14.6 Å². The summed E-state index contributed by atoms with van der Waals surface area (Å²) in [5, 5.41) is 11.3. The number of halogens is 1. The van der Waals surface area contributed by atoms with Crippen LogP contribution in [-0.4, -0.2) is 18.5 Å². The molecular formula is C12H12ClO4-. The Morgan fingerprint density at radius 3 is 2.47 bits per heavy atom. The monoisotopic (exact) mass is 255 g/mol. The number of fused-ring (bicyclic) bond motifs is 2. The molecule has 0 aromatic rings. The standard InChI is InChI=1S/C12H13ClO4/c1-6(13)5-17-12(16)10-8-3-2-7(4-8)9(10)11(14)15/h2-3,7-10H,1,4-5H2,(H,14,15)/p-1/t7-,8+,9+,10-/m0/s1. The van der Waals surface area contributed by atoms with E-state index in [2.05, 4.69) is 6.58 Å². The van der Waals surface area contributed by atoms with E-state index in [1.54, 1.807) is 0 Å². The maximum atomic E-state index is 11.8. The molecule has 4 atom stereocenters. The van der Waals surface area contributed by atoms with Gasteiger partial charge in [0.1, 0.15) is 6.61 Å². The van der Waals surface area contributed by atoms with E-state index in [0.29, 0.717) is 6.42 Å². The normalized spacial score (nSPS) is 33.7. The van der Waals surface area contributed by atoms with Crippen molar-refractivity contribution in [1.29, 1.82) is 0 Å². The van der Waals surface area contributed by atoms with Crippen LogP contribution in [0.4, 0.5) is 0 Å². The van der Waals surface area contributed by atoms with Gasteiger partial charge in [-0.3, -0.25) is 4.79 Å². The molecule has 5 heteroatoms. The fourth-order valence-electron chi connectivity index (χ4n) is 2.71. The highest BCUT2D eigenvalue weighted by molar-refractivity contribution is 6.29. The summed E-state index contributed by atoms with van der Waals surface area (Å²) in [6, 6.07) is 0. The van der Waals surface area contributed by atoms with Crippen LogP contribution in [0.3, 0.4) is 0 Å². The Morgan fingerprint density at radius 2 is 1.94 bits per heavy atom. The third-order valence-electron chi connectivity index (χ3n) is 3.37. The van der Waals surface area contributed by atoms with E-state index < -0.39 is 23.8 Å². The highest BCUT2D eigenvalue weighted by atomic mass is 35.5. The molecule has 0 N–H and O–H groups in total. The highest BCUT2D eigenvalue weighted by Crippen LogP contribution is 2.48. The summed E-state index contributed by atoms with van der Waals surface area (Å²) in [7, 11) is 0. The highest BCUT2D eigenvalue weighted by Gasteiger charge is 2.49. The molecular weight excluding hydrogens is 244 g/mol. The molecule has 0 aromatic carbocycles. The molecule has 0 saturated heterocycles. The summed E-state index contributed by atoms with van der Waals surface area (Å²) in [5.41, 5.74) is 0. The van der Waals surface area contributed by atoms with Gasteiger partial charge in [-0.05, 0) is 18.3 Å². The smallest absolute Gasteiger partial charge is 0.310 e.